The van der Waals surface area contributed by atoms with Crippen LogP contribution in [-0.4, -0.2) is 49.7 Å². The number of nitrogens with one attached hydrogen (secondary N) is 1. The first-order valence-corrected chi connectivity index (χ1v) is 11.1. The molecule has 1 saturated heterocycles. The number of amides is 1. The van der Waals surface area contributed by atoms with E-state index in [-0.39, 0.29) is 23.6 Å². The third-order valence-corrected chi connectivity index (χ3v) is 6.82. The van der Waals surface area contributed by atoms with Gasteiger partial charge < -0.3 is 10.2 Å². The standard InChI is InChI=1S/C22H24N4O3S/c1-18-7-9-21(10-8-18)30(28,29)26-13-11-25(12-14-26)17-20(15-23)22(27)24-16-19-5-3-2-4-6-19/h2-10,17H,11-14,16H2,1H3,(H,24,27)/b20-17-. The highest BCUT2D eigenvalue weighted by Crippen LogP contribution is 2.18. The van der Waals surface area contributed by atoms with Crippen molar-refractivity contribution in [2.45, 2.75) is 18.4 Å². The van der Waals surface area contributed by atoms with Crippen LogP contribution < -0.4 is 5.32 Å². The van der Waals surface area contributed by atoms with E-state index in [2.05, 4.69) is 5.32 Å². The number of nitriles is 1. The lowest BCUT2D eigenvalue weighted by molar-refractivity contribution is -0.117. The van der Waals surface area contributed by atoms with Gasteiger partial charge in [-0.05, 0) is 24.6 Å². The van der Waals surface area contributed by atoms with Crippen molar-refractivity contribution in [3.63, 3.8) is 0 Å². The average molecular weight is 425 g/mol. The first-order chi connectivity index (χ1) is 14.4. The average Bonchev–Trinajstić information content (AvgIpc) is 2.77. The predicted molar refractivity (Wildman–Crippen MR) is 113 cm³/mol. The molecule has 1 fully saturated rings. The Morgan fingerprint density at radius 3 is 2.30 bits per heavy atom. The van der Waals surface area contributed by atoms with Gasteiger partial charge >= 0.3 is 0 Å². The summed E-state index contributed by atoms with van der Waals surface area (Å²) in [5.41, 5.74) is 1.94. The maximum atomic E-state index is 12.8. The van der Waals surface area contributed by atoms with Gasteiger partial charge in [0.2, 0.25) is 10.0 Å². The second-order valence-electron chi connectivity index (χ2n) is 7.08. The second kappa shape index (κ2) is 9.57. The van der Waals surface area contributed by atoms with E-state index in [1.165, 1.54) is 10.5 Å². The molecule has 2 aromatic carbocycles. The van der Waals surface area contributed by atoms with Crippen molar-refractivity contribution in [2.24, 2.45) is 0 Å². The summed E-state index contributed by atoms with van der Waals surface area (Å²) in [6.45, 7) is 3.63. The Morgan fingerprint density at radius 1 is 1.07 bits per heavy atom. The summed E-state index contributed by atoms with van der Waals surface area (Å²) in [5, 5.41) is 12.1. The lowest BCUT2D eigenvalue weighted by atomic mass is 10.2. The van der Waals surface area contributed by atoms with Crippen molar-refractivity contribution in [2.75, 3.05) is 26.2 Å². The summed E-state index contributed by atoms with van der Waals surface area (Å²) in [5.74, 6) is -0.448. The number of rotatable bonds is 6. The van der Waals surface area contributed by atoms with Gasteiger partial charge in [-0.2, -0.15) is 9.57 Å². The van der Waals surface area contributed by atoms with Gasteiger partial charge in [0.1, 0.15) is 11.6 Å². The van der Waals surface area contributed by atoms with Gasteiger partial charge in [0.25, 0.3) is 5.91 Å². The van der Waals surface area contributed by atoms with E-state index >= 15 is 0 Å². The van der Waals surface area contributed by atoms with Gasteiger partial charge in [-0.3, -0.25) is 4.79 Å². The highest BCUT2D eigenvalue weighted by Gasteiger charge is 2.28. The Kier molecular flexibility index (Phi) is 6.87. The molecule has 3 rings (SSSR count). The Bertz CT molecular complexity index is 1050. The Morgan fingerprint density at radius 2 is 1.70 bits per heavy atom. The van der Waals surface area contributed by atoms with Gasteiger partial charge in [0.15, 0.2) is 0 Å². The first-order valence-electron chi connectivity index (χ1n) is 9.65. The van der Waals surface area contributed by atoms with Gasteiger partial charge in [-0.25, -0.2) is 8.42 Å². The van der Waals surface area contributed by atoms with E-state index in [1.807, 2.05) is 48.2 Å². The van der Waals surface area contributed by atoms with E-state index in [0.717, 1.165) is 11.1 Å². The minimum absolute atomic E-state index is 0.000716. The van der Waals surface area contributed by atoms with Crippen molar-refractivity contribution < 1.29 is 13.2 Å². The Labute approximate surface area is 177 Å². The topological polar surface area (TPSA) is 93.5 Å². The maximum Gasteiger partial charge on any atom is 0.263 e. The van der Waals surface area contributed by atoms with Gasteiger partial charge in [-0.1, -0.05) is 48.0 Å². The second-order valence-corrected chi connectivity index (χ2v) is 9.01. The van der Waals surface area contributed by atoms with Gasteiger partial charge in [0, 0.05) is 38.9 Å². The molecule has 1 aliphatic heterocycles. The molecule has 7 nitrogen and oxygen atoms in total. The molecular weight excluding hydrogens is 400 g/mol. The van der Waals surface area contributed by atoms with Crippen LogP contribution in [0.2, 0.25) is 0 Å². The molecule has 1 amide bonds. The van der Waals surface area contributed by atoms with Crippen LogP contribution in [0.15, 0.2) is 71.3 Å². The molecule has 8 heteroatoms. The fourth-order valence-electron chi connectivity index (χ4n) is 3.13. The largest absolute Gasteiger partial charge is 0.373 e. The molecule has 0 spiro atoms. The van der Waals surface area contributed by atoms with Crippen molar-refractivity contribution in [3.8, 4) is 6.07 Å². The summed E-state index contributed by atoms with van der Waals surface area (Å²) >= 11 is 0. The SMILES string of the molecule is Cc1ccc(S(=O)(=O)N2CCN(/C=C(/C#N)C(=O)NCc3ccccc3)CC2)cc1. The molecule has 2 aromatic rings. The minimum Gasteiger partial charge on any atom is -0.373 e. The van der Waals surface area contributed by atoms with Crippen LogP contribution in [-0.2, 0) is 21.4 Å². The molecular formula is C22H24N4O3S. The summed E-state index contributed by atoms with van der Waals surface area (Å²) in [6, 6.07) is 18.2. The number of carbonyl (C=O) groups excluding carboxylic acids is 1. The number of sulfonamides is 1. The fraction of sp³-hybridized carbons (Fsp3) is 0.273. The van der Waals surface area contributed by atoms with Crippen LogP contribution >= 0.6 is 0 Å². The maximum absolute atomic E-state index is 12.8. The monoisotopic (exact) mass is 424 g/mol. The summed E-state index contributed by atoms with van der Waals surface area (Å²) in [6.07, 6.45) is 1.51. The van der Waals surface area contributed by atoms with Crippen LogP contribution in [0.25, 0.3) is 0 Å². The molecule has 1 N–H and O–H groups in total. The fourth-order valence-corrected chi connectivity index (χ4v) is 4.55. The lowest BCUT2D eigenvalue weighted by Crippen LogP contribution is -2.47. The predicted octanol–water partition coefficient (Wildman–Crippen LogP) is 2.03. The van der Waals surface area contributed by atoms with E-state index in [9.17, 15) is 18.5 Å². The lowest BCUT2D eigenvalue weighted by Gasteiger charge is -2.33. The van der Waals surface area contributed by atoms with Crippen molar-refractivity contribution in [3.05, 3.63) is 77.5 Å². The van der Waals surface area contributed by atoms with Crippen LogP contribution in [0.4, 0.5) is 0 Å². The van der Waals surface area contributed by atoms with Crippen LogP contribution in [0.5, 0.6) is 0 Å². The number of aryl methyl sites for hydroxylation is 1. The number of hydrogen-bond donors (Lipinski definition) is 1. The van der Waals surface area contributed by atoms with E-state index in [1.54, 1.807) is 24.3 Å². The number of piperazine rings is 1. The van der Waals surface area contributed by atoms with Crippen LogP contribution in [0, 0.1) is 18.3 Å². The van der Waals surface area contributed by atoms with Crippen LogP contribution in [0.3, 0.4) is 0 Å². The number of carbonyl (C=O) groups is 1. The van der Waals surface area contributed by atoms with Crippen LogP contribution in [0.1, 0.15) is 11.1 Å². The molecule has 0 saturated carbocycles. The minimum atomic E-state index is -3.55. The number of benzene rings is 2. The number of nitrogens with zero attached hydrogens (tertiary/aromatic N) is 3. The molecule has 0 aliphatic carbocycles. The zero-order valence-corrected chi connectivity index (χ0v) is 17.6. The molecule has 1 heterocycles. The first kappa shape index (κ1) is 21.6. The quantitative estimate of drug-likeness (QED) is 0.566. The van der Waals surface area contributed by atoms with Gasteiger partial charge in [-0.15, -0.1) is 0 Å². The molecule has 0 atom stereocenters. The molecule has 0 aromatic heterocycles. The summed E-state index contributed by atoms with van der Waals surface area (Å²) in [4.78, 5) is 14.4. The Balaban J connectivity index is 1.59. The zero-order valence-electron chi connectivity index (χ0n) is 16.8. The third kappa shape index (κ3) is 5.26. The van der Waals surface area contributed by atoms with Gasteiger partial charge in [0.05, 0.1) is 4.90 Å². The molecule has 156 valence electrons. The van der Waals surface area contributed by atoms with Crippen molar-refractivity contribution >= 4 is 15.9 Å². The molecule has 0 unspecified atom stereocenters. The zero-order chi connectivity index (χ0) is 21.6. The van der Waals surface area contributed by atoms with E-state index in [4.69, 9.17) is 0 Å². The molecule has 0 radical (unpaired) electrons. The van der Waals surface area contributed by atoms with Crippen molar-refractivity contribution in [1.82, 2.24) is 14.5 Å². The third-order valence-electron chi connectivity index (χ3n) is 4.90. The molecule has 0 bridgehead atoms. The highest BCUT2D eigenvalue weighted by atomic mass is 32.2. The number of hydrogen-bond acceptors (Lipinski definition) is 5. The summed E-state index contributed by atoms with van der Waals surface area (Å²) < 4.78 is 27.0. The van der Waals surface area contributed by atoms with Crippen molar-refractivity contribution in [1.29, 1.82) is 5.26 Å². The molecule has 1 aliphatic rings. The Hall–Kier alpha value is -3.15. The van der Waals surface area contributed by atoms with E-state index in [0.29, 0.717) is 19.6 Å². The normalized spacial score (nSPS) is 15.5. The van der Waals surface area contributed by atoms with E-state index < -0.39 is 15.9 Å². The molecule has 30 heavy (non-hydrogen) atoms. The smallest absolute Gasteiger partial charge is 0.263 e. The summed E-state index contributed by atoms with van der Waals surface area (Å²) in [7, 11) is -3.55. The highest BCUT2D eigenvalue weighted by molar-refractivity contribution is 7.89.